The van der Waals surface area contributed by atoms with E-state index in [2.05, 4.69) is 19.2 Å². The van der Waals surface area contributed by atoms with Crippen LogP contribution in [0.4, 0.5) is 0 Å². The molecular weight excluding hydrogens is 322 g/mol. The van der Waals surface area contributed by atoms with Crippen molar-refractivity contribution < 1.29 is 24.2 Å². The van der Waals surface area contributed by atoms with Gasteiger partial charge in [-0.05, 0) is 37.0 Å². The summed E-state index contributed by atoms with van der Waals surface area (Å²) in [6.45, 7) is 8.36. The summed E-state index contributed by atoms with van der Waals surface area (Å²) in [5.74, 6) is -0.470. The lowest BCUT2D eigenvalue weighted by Crippen LogP contribution is -2.59. The molecule has 1 fully saturated rings. The highest BCUT2D eigenvalue weighted by Crippen LogP contribution is 2.26. The van der Waals surface area contributed by atoms with Crippen LogP contribution in [0.3, 0.4) is 0 Å². The van der Waals surface area contributed by atoms with E-state index in [1.807, 2.05) is 25.1 Å². The van der Waals surface area contributed by atoms with Crippen LogP contribution in [0, 0.1) is 6.92 Å². The largest absolute Gasteiger partial charge is 0.481 e. The minimum atomic E-state index is -1.28. The number of hydrogen-bond acceptors (Lipinski definition) is 4. The van der Waals surface area contributed by atoms with E-state index in [-0.39, 0.29) is 12.8 Å². The van der Waals surface area contributed by atoms with Gasteiger partial charge in [-0.1, -0.05) is 26.0 Å². The molecule has 0 bridgehead atoms. The number of hydrogen-bond donors (Lipinski definition) is 2. The molecule has 0 spiro atoms. The number of ether oxygens (including phenoxy) is 2. The van der Waals surface area contributed by atoms with Crippen molar-refractivity contribution >= 4 is 11.9 Å². The Hall–Kier alpha value is -2.08. The van der Waals surface area contributed by atoms with Crippen LogP contribution in [0.5, 0.6) is 5.75 Å². The molecule has 2 N–H and O–H groups in total. The monoisotopic (exact) mass is 349 g/mol. The van der Waals surface area contributed by atoms with Gasteiger partial charge in [0.05, 0.1) is 0 Å². The highest BCUT2D eigenvalue weighted by molar-refractivity contribution is 5.89. The van der Waals surface area contributed by atoms with Crippen LogP contribution in [-0.4, -0.2) is 41.8 Å². The normalized spacial score (nSPS) is 17.8. The van der Waals surface area contributed by atoms with E-state index in [0.717, 1.165) is 11.1 Å². The van der Waals surface area contributed by atoms with Gasteiger partial charge >= 0.3 is 5.97 Å². The second kappa shape index (κ2) is 7.87. The Morgan fingerprint density at radius 3 is 2.44 bits per heavy atom. The molecule has 6 nitrogen and oxygen atoms in total. The number of nitrogens with one attached hydrogen (secondary N) is 1. The number of carboxylic acids is 1. The van der Waals surface area contributed by atoms with Crippen molar-refractivity contribution in [3.8, 4) is 5.75 Å². The maximum atomic E-state index is 12.5. The third kappa shape index (κ3) is 4.51. The van der Waals surface area contributed by atoms with Crippen LogP contribution in [0.1, 0.15) is 50.7 Å². The van der Waals surface area contributed by atoms with Gasteiger partial charge in [0.1, 0.15) is 11.3 Å². The lowest BCUT2D eigenvalue weighted by Gasteiger charge is -2.34. The van der Waals surface area contributed by atoms with E-state index < -0.39 is 23.5 Å². The molecule has 138 valence electrons. The van der Waals surface area contributed by atoms with Gasteiger partial charge in [-0.15, -0.1) is 0 Å². The van der Waals surface area contributed by atoms with Crippen molar-refractivity contribution in [1.29, 1.82) is 0 Å². The van der Waals surface area contributed by atoms with E-state index in [1.54, 1.807) is 6.92 Å². The number of aliphatic carboxylic acids is 1. The Morgan fingerprint density at radius 2 is 1.88 bits per heavy atom. The SMILES string of the molecule is Cc1ccc(C(C)C)cc1OC(C)C(=O)NC1(C(=O)O)CCOCC1. The van der Waals surface area contributed by atoms with E-state index in [4.69, 9.17) is 9.47 Å². The average Bonchev–Trinajstić information content (AvgIpc) is 2.57. The number of rotatable bonds is 6. The van der Waals surface area contributed by atoms with Crippen LogP contribution < -0.4 is 10.1 Å². The van der Waals surface area contributed by atoms with E-state index in [0.29, 0.717) is 24.9 Å². The molecular formula is C19H27NO5. The Bertz CT molecular complexity index is 635. The third-order valence-electron chi connectivity index (χ3n) is 4.67. The molecule has 1 atom stereocenters. The molecule has 1 aliphatic heterocycles. The van der Waals surface area contributed by atoms with Crippen molar-refractivity contribution in [2.75, 3.05) is 13.2 Å². The summed E-state index contributed by atoms with van der Waals surface area (Å²) in [7, 11) is 0. The first kappa shape index (κ1) is 19.2. The van der Waals surface area contributed by atoms with E-state index in [9.17, 15) is 14.7 Å². The molecule has 0 aromatic heterocycles. The number of benzene rings is 1. The fourth-order valence-corrected chi connectivity index (χ4v) is 2.80. The first-order valence-electron chi connectivity index (χ1n) is 8.65. The van der Waals surface area contributed by atoms with Gasteiger partial charge in [-0.3, -0.25) is 4.79 Å². The van der Waals surface area contributed by atoms with Crippen molar-refractivity contribution in [2.24, 2.45) is 0 Å². The van der Waals surface area contributed by atoms with Crippen molar-refractivity contribution in [3.05, 3.63) is 29.3 Å². The Kier molecular flexibility index (Phi) is 6.06. The lowest BCUT2D eigenvalue weighted by molar-refractivity contribution is -0.153. The predicted octanol–water partition coefficient (Wildman–Crippen LogP) is 2.64. The Balaban J connectivity index is 2.10. The number of carboxylic acid groups (broad SMARTS) is 1. The summed E-state index contributed by atoms with van der Waals surface area (Å²) in [5.41, 5.74) is 0.782. The highest BCUT2D eigenvalue weighted by Gasteiger charge is 2.42. The van der Waals surface area contributed by atoms with Gasteiger partial charge in [0.25, 0.3) is 5.91 Å². The second-order valence-electron chi connectivity index (χ2n) is 6.93. The fourth-order valence-electron chi connectivity index (χ4n) is 2.80. The molecule has 1 aromatic rings. The van der Waals surface area contributed by atoms with Crippen LogP contribution in [-0.2, 0) is 14.3 Å². The van der Waals surface area contributed by atoms with Crippen LogP contribution in [0.25, 0.3) is 0 Å². The summed E-state index contributed by atoms with van der Waals surface area (Å²) in [5, 5.41) is 12.2. The average molecular weight is 349 g/mol. The number of amides is 1. The maximum absolute atomic E-state index is 12.5. The number of carbonyl (C=O) groups excluding carboxylic acids is 1. The van der Waals surface area contributed by atoms with Gasteiger partial charge in [-0.25, -0.2) is 4.79 Å². The minimum Gasteiger partial charge on any atom is -0.481 e. The first-order chi connectivity index (χ1) is 11.7. The smallest absolute Gasteiger partial charge is 0.329 e. The summed E-state index contributed by atoms with van der Waals surface area (Å²) in [4.78, 5) is 24.2. The van der Waals surface area contributed by atoms with Gasteiger partial charge in [0, 0.05) is 26.1 Å². The van der Waals surface area contributed by atoms with E-state index in [1.165, 1.54) is 0 Å². The van der Waals surface area contributed by atoms with Crippen LogP contribution >= 0.6 is 0 Å². The molecule has 0 saturated carbocycles. The zero-order valence-corrected chi connectivity index (χ0v) is 15.3. The van der Waals surface area contributed by atoms with Crippen molar-refractivity contribution in [2.45, 2.75) is 58.1 Å². The van der Waals surface area contributed by atoms with Crippen molar-refractivity contribution in [3.63, 3.8) is 0 Å². The van der Waals surface area contributed by atoms with Crippen LogP contribution in [0.15, 0.2) is 18.2 Å². The predicted molar refractivity (Wildman–Crippen MR) is 93.9 cm³/mol. The van der Waals surface area contributed by atoms with E-state index >= 15 is 0 Å². The molecule has 0 radical (unpaired) electrons. The first-order valence-corrected chi connectivity index (χ1v) is 8.65. The summed E-state index contributed by atoms with van der Waals surface area (Å²) in [6.07, 6.45) is -0.286. The van der Waals surface area contributed by atoms with Crippen LogP contribution in [0.2, 0.25) is 0 Å². The molecule has 1 amide bonds. The fraction of sp³-hybridized carbons (Fsp3) is 0.579. The molecule has 1 aromatic carbocycles. The van der Waals surface area contributed by atoms with Gasteiger partial charge in [-0.2, -0.15) is 0 Å². The lowest BCUT2D eigenvalue weighted by atomic mass is 9.90. The molecule has 2 rings (SSSR count). The Labute approximate surface area is 148 Å². The zero-order valence-electron chi connectivity index (χ0n) is 15.3. The van der Waals surface area contributed by atoms with Gasteiger partial charge < -0.3 is 19.9 Å². The molecule has 1 aliphatic rings. The summed E-state index contributed by atoms with van der Waals surface area (Å²) < 4.78 is 11.0. The number of aryl methyl sites for hydroxylation is 1. The Morgan fingerprint density at radius 1 is 1.24 bits per heavy atom. The molecule has 0 aliphatic carbocycles. The molecule has 1 heterocycles. The topological polar surface area (TPSA) is 84.9 Å². The molecule has 25 heavy (non-hydrogen) atoms. The van der Waals surface area contributed by atoms with Crippen molar-refractivity contribution in [1.82, 2.24) is 5.32 Å². The number of carbonyl (C=O) groups is 2. The quantitative estimate of drug-likeness (QED) is 0.825. The summed E-state index contributed by atoms with van der Waals surface area (Å²) in [6, 6.07) is 5.94. The summed E-state index contributed by atoms with van der Waals surface area (Å²) >= 11 is 0. The maximum Gasteiger partial charge on any atom is 0.329 e. The third-order valence-corrected chi connectivity index (χ3v) is 4.67. The van der Waals surface area contributed by atoms with Gasteiger partial charge in [0.2, 0.25) is 0 Å². The van der Waals surface area contributed by atoms with Gasteiger partial charge in [0.15, 0.2) is 6.10 Å². The standard InChI is InChI=1S/C19H27NO5/c1-12(2)15-6-5-13(3)16(11-15)25-14(4)17(21)20-19(18(22)23)7-9-24-10-8-19/h5-6,11-12,14H,7-10H2,1-4H3,(H,20,21)(H,22,23). The minimum absolute atomic E-state index is 0.253. The highest BCUT2D eigenvalue weighted by atomic mass is 16.5. The molecule has 1 saturated heterocycles. The molecule has 1 unspecified atom stereocenters. The second-order valence-corrected chi connectivity index (χ2v) is 6.93. The molecule has 6 heteroatoms. The zero-order chi connectivity index (χ0) is 18.6.